The van der Waals surface area contributed by atoms with Gasteiger partial charge in [-0.25, -0.2) is 8.78 Å². The van der Waals surface area contributed by atoms with Crippen molar-refractivity contribution in [3.05, 3.63) is 58.6 Å². The van der Waals surface area contributed by atoms with Crippen LogP contribution in [-0.2, 0) is 9.59 Å². The highest BCUT2D eigenvalue weighted by molar-refractivity contribution is 9.10. The van der Waals surface area contributed by atoms with Gasteiger partial charge in [0.05, 0.1) is 11.8 Å². The summed E-state index contributed by atoms with van der Waals surface area (Å²) in [6.45, 7) is 0. The molecular weight excluding hydrogens is 382 g/mol. The number of hydrogen-bond donors (Lipinski definition) is 2. The molecule has 2 unspecified atom stereocenters. The average molecular weight is 395 g/mol. The van der Waals surface area contributed by atoms with E-state index >= 15 is 0 Å². The SMILES string of the molecule is O=C(Nc1ccc(Br)cc1)C1CC1C(=O)Nc1c(F)cccc1F. The van der Waals surface area contributed by atoms with E-state index in [-0.39, 0.29) is 5.91 Å². The summed E-state index contributed by atoms with van der Waals surface area (Å²) in [4.78, 5) is 24.2. The number of carbonyl (C=O) groups excluding carboxylic acids is 2. The molecule has 1 aliphatic carbocycles. The second-order valence-electron chi connectivity index (χ2n) is 5.53. The van der Waals surface area contributed by atoms with E-state index in [1.807, 2.05) is 0 Å². The molecule has 2 aromatic rings. The summed E-state index contributed by atoms with van der Waals surface area (Å²) in [5.41, 5.74) is 0.135. The lowest BCUT2D eigenvalue weighted by Gasteiger charge is -2.08. The van der Waals surface area contributed by atoms with Crippen LogP contribution in [0.1, 0.15) is 6.42 Å². The zero-order chi connectivity index (χ0) is 17.3. The fourth-order valence-electron chi connectivity index (χ4n) is 2.38. The van der Waals surface area contributed by atoms with Gasteiger partial charge in [-0.2, -0.15) is 0 Å². The maximum Gasteiger partial charge on any atom is 0.228 e. The number of hydrogen-bond acceptors (Lipinski definition) is 2. The minimum absolute atomic E-state index is 0.286. The van der Waals surface area contributed by atoms with Crippen molar-refractivity contribution >= 4 is 39.1 Å². The fraction of sp³-hybridized carbons (Fsp3) is 0.176. The summed E-state index contributed by atoms with van der Waals surface area (Å²) in [6, 6.07) is 10.4. The van der Waals surface area contributed by atoms with Crippen LogP contribution in [0.3, 0.4) is 0 Å². The van der Waals surface area contributed by atoms with Gasteiger partial charge in [-0.1, -0.05) is 22.0 Å². The molecule has 2 atom stereocenters. The van der Waals surface area contributed by atoms with Crippen LogP contribution in [0, 0.1) is 23.5 Å². The maximum absolute atomic E-state index is 13.5. The van der Waals surface area contributed by atoms with Crippen molar-refractivity contribution in [2.24, 2.45) is 11.8 Å². The van der Waals surface area contributed by atoms with Gasteiger partial charge in [-0.05, 0) is 42.8 Å². The van der Waals surface area contributed by atoms with Crippen molar-refractivity contribution in [2.45, 2.75) is 6.42 Å². The number of nitrogens with one attached hydrogen (secondary N) is 2. The molecule has 0 heterocycles. The number of carbonyl (C=O) groups is 2. The fourth-order valence-corrected chi connectivity index (χ4v) is 2.64. The summed E-state index contributed by atoms with van der Waals surface area (Å²) in [5.74, 6) is -3.62. The summed E-state index contributed by atoms with van der Waals surface area (Å²) in [7, 11) is 0. The highest BCUT2D eigenvalue weighted by Crippen LogP contribution is 2.40. The largest absolute Gasteiger partial charge is 0.326 e. The van der Waals surface area contributed by atoms with Crippen LogP contribution >= 0.6 is 15.9 Å². The van der Waals surface area contributed by atoms with E-state index in [9.17, 15) is 18.4 Å². The molecule has 0 aromatic heterocycles. The van der Waals surface area contributed by atoms with E-state index in [2.05, 4.69) is 26.6 Å². The zero-order valence-electron chi connectivity index (χ0n) is 12.4. The Kier molecular flexibility index (Phi) is 4.62. The predicted octanol–water partition coefficient (Wildman–Crippen LogP) is 3.94. The van der Waals surface area contributed by atoms with Gasteiger partial charge in [0, 0.05) is 10.2 Å². The van der Waals surface area contributed by atoms with Gasteiger partial charge in [0.2, 0.25) is 11.8 Å². The van der Waals surface area contributed by atoms with Gasteiger partial charge in [-0.3, -0.25) is 9.59 Å². The van der Waals surface area contributed by atoms with Crippen molar-refractivity contribution in [3.63, 3.8) is 0 Å². The Labute approximate surface area is 145 Å². The minimum atomic E-state index is -0.847. The van der Waals surface area contributed by atoms with Crippen LogP contribution in [0.2, 0.25) is 0 Å². The van der Waals surface area contributed by atoms with Crippen LogP contribution in [0.15, 0.2) is 46.9 Å². The Bertz CT molecular complexity index is 775. The lowest BCUT2D eigenvalue weighted by atomic mass is 10.2. The normalized spacial score (nSPS) is 18.8. The van der Waals surface area contributed by atoms with Gasteiger partial charge in [0.1, 0.15) is 17.3 Å². The summed E-state index contributed by atoms with van der Waals surface area (Å²) in [6.07, 6.45) is 0.351. The van der Waals surface area contributed by atoms with Gasteiger partial charge in [0.15, 0.2) is 0 Å². The third kappa shape index (κ3) is 3.62. The van der Waals surface area contributed by atoms with Crippen LogP contribution < -0.4 is 10.6 Å². The van der Waals surface area contributed by atoms with Crippen molar-refractivity contribution in [1.29, 1.82) is 0 Å². The standard InChI is InChI=1S/C17H13BrF2N2O2/c18-9-4-6-10(7-5-9)21-16(23)11-8-12(11)17(24)22-15-13(19)2-1-3-14(15)20/h1-7,11-12H,8H2,(H,21,23)(H,22,24). The number of para-hydroxylation sites is 1. The topological polar surface area (TPSA) is 58.2 Å². The molecule has 0 saturated heterocycles. The third-order valence-corrected chi connectivity index (χ3v) is 4.32. The number of amides is 2. The molecule has 1 aliphatic rings. The molecule has 1 saturated carbocycles. The summed E-state index contributed by atoms with van der Waals surface area (Å²) in [5, 5.41) is 4.94. The molecule has 0 aliphatic heterocycles. The first kappa shape index (κ1) is 16.6. The second kappa shape index (κ2) is 6.68. The van der Waals surface area contributed by atoms with E-state index in [0.717, 1.165) is 16.6 Å². The number of benzene rings is 2. The number of anilines is 2. The minimum Gasteiger partial charge on any atom is -0.326 e. The Morgan fingerprint density at radius 1 is 0.917 bits per heavy atom. The van der Waals surface area contributed by atoms with Gasteiger partial charge in [-0.15, -0.1) is 0 Å². The van der Waals surface area contributed by atoms with E-state index in [1.165, 1.54) is 6.07 Å². The third-order valence-electron chi connectivity index (χ3n) is 3.79. The predicted molar refractivity (Wildman–Crippen MR) is 89.4 cm³/mol. The Morgan fingerprint density at radius 2 is 1.46 bits per heavy atom. The molecule has 24 heavy (non-hydrogen) atoms. The molecule has 124 valence electrons. The van der Waals surface area contributed by atoms with Crippen molar-refractivity contribution in [3.8, 4) is 0 Å². The quantitative estimate of drug-likeness (QED) is 0.824. The highest BCUT2D eigenvalue weighted by atomic mass is 79.9. The van der Waals surface area contributed by atoms with Crippen molar-refractivity contribution in [2.75, 3.05) is 10.6 Å². The first-order chi connectivity index (χ1) is 11.5. The van der Waals surface area contributed by atoms with Gasteiger partial charge in [0.25, 0.3) is 0 Å². The summed E-state index contributed by atoms with van der Waals surface area (Å²) < 4.78 is 28.0. The first-order valence-corrected chi connectivity index (χ1v) is 8.06. The monoisotopic (exact) mass is 394 g/mol. The van der Waals surface area contributed by atoms with Crippen LogP contribution in [0.25, 0.3) is 0 Å². The molecule has 0 radical (unpaired) electrons. The van der Waals surface area contributed by atoms with Gasteiger partial charge < -0.3 is 10.6 Å². The Hall–Kier alpha value is -2.28. The smallest absolute Gasteiger partial charge is 0.228 e. The first-order valence-electron chi connectivity index (χ1n) is 7.27. The van der Waals surface area contributed by atoms with Crippen LogP contribution in [0.5, 0.6) is 0 Å². The molecule has 2 N–H and O–H groups in total. The van der Waals surface area contributed by atoms with Crippen LogP contribution in [-0.4, -0.2) is 11.8 Å². The van der Waals surface area contributed by atoms with Crippen LogP contribution in [0.4, 0.5) is 20.2 Å². The molecular formula is C17H13BrF2N2O2. The van der Waals surface area contributed by atoms with Gasteiger partial charge >= 0.3 is 0 Å². The molecule has 0 bridgehead atoms. The Balaban J connectivity index is 1.59. The van der Waals surface area contributed by atoms with E-state index in [1.54, 1.807) is 24.3 Å². The maximum atomic E-state index is 13.5. The van der Waals surface area contributed by atoms with E-state index in [4.69, 9.17) is 0 Å². The number of halogens is 3. The molecule has 1 fully saturated rings. The Morgan fingerprint density at radius 3 is 2.04 bits per heavy atom. The average Bonchev–Trinajstić information content (AvgIpc) is 3.34. The zero-order valence-corrected chi connectivity index (χ0v) is 13.9. The molecule has 2 aromatic carbocycles. The van der Waals surface area contributed by atoms with E-state index in [0.29, 0.717) is 12.1 Å². The number of rotatable bonds is 4. The highest BCUT2D eigenvalue weighted by Gasteiger charge is 2.48. The second-order valence-corrected chi connectivity index (χ2v) is 6.45. The molecule has 0 spiro atoms. The molecule has 4 nitrogen and oxygen atoms in total. The van der Waals surface area contributed by atoms with Crippen molar-refractivity contribution < 1.29 is 18.4 Å². The molecule has 3 rings (SSSR count). The van der Waals surface area contributed by atoms with Crippen molar-refractivity contribution in [1.82, 2.24) is 0 Å². The lowest BCUT2D eigenvalue weighted by Crippen LogP contribution is -2.21. The summed E-state index contributed by atoms with van der Waals surface area (Å²) >= 11 is 3.30. The molecule has 2 amide bonds. The lowest BCUT2D eigenvalue weighted by molar-refractivity contribution is -0.122. The van der Waals surface area contributed by atoms with E-state index < -0.39 is 35.1 Å². The molecule has 7 heteroatoms.